The lowest BCUT2D eigenvalue weighted by molar-refractivity contribution is -0.131. The maximum Gasteiger partial charge on any atom is 0.308 e. The molecule has 0 N–H and O–H groups in total. The molecular formula is C9H5Br2NO2. The zero-order chi connectivity index (χ0) is 10.7. The standard InChI is InChI=1S/C9H5Br2NO2/c1-5(13)14-9-7(10)2-6(4-12)3-8(9)11/h2-3H,1H3. The molecule has 0 aromatic heterocycles. The van der Waals surface area contributed by atoms with Gasteiger partial charge in [-0.2, -0.15) is 5.26 Å². The van der Waals surface area contributed by atoms with Gasteiger partial charge in [0.05, 0.1) is 20.6 Å². The van der Waals surface area contributed by atoms with E-state index >= 15 is 0 Å². The first-order valence-electron chi connectivity index (χ1n) is 3.62. The molecule has 0 bridgehead atoms. The molecule has 5 heteroatoms. The average molecular weight is 319 g/mol. The van der Waals surface area contributed by atoms with Gasteiger partial charge in [-0.05, 0) is 44.0 Å². The van der Waals surface area contributed by atoms with E-state index in [1.807, 2.05) is 6.07 Å². The molecular weight excluding hydrogens is 314 g/mol. The maximum absolute atomic E-state index is 10.7. The predicted octanol–water partition coefficient (Wildman–Crippen LogP) is 3.01. The lowest BCUT2D eigenvalue weighted by Gasteiger charge is -2.06. The molecule has 0 unspecified atom stereocenters. The SMILES string of the molecule is CC(=O)Oc1c(Br)cc(C#N)cc1Br. The maximum atomic E-state index is 10.7. The molecule has 1 aromatic rings. The Hall–Kier alpha value is -0.860. The van der Waals surface area contributed by atoms with E-state index in [9.17, 15) is 4.79 Å². The van der Waals surface area contributed by atoms with E-state index in [0.29, 0.717) is 20.3 Å². The van der Waals surface area contributed by atoms with Crippen molar-refractivity contribution in [2.75, 3.05) is 0 Å². The molecule has 0 amide bonds. The van der Waals surface area contributed by atoms with Crippen LogP contribution in [0.2, 0.25) is 0 Å². The van der Waals surface area contributed by atoms with Crippen LogP contribution in [0.3, 0.4) is 0 Å². The number of nitriles is 1. The summed E-state index contributed by atoms with van der Waals surface area (Å²) in [5.41, 5.74) is 0.486. The second-order valence-corrected chi connectivity index (χ2v) is 4.18. The number of rotatable bonds is 1. The number of hydrogen-bond acceptors (Lipinski definition) is 3. The minimum atomic E-state index is -0.406. The number of carbonyl (C=O) groups is 1. The Morgan fingerprint density at radius 3 is 2.29 bits per heavy atom. The van der Waals surface area contributed by atoms with Crippen LogP contribution >= 0.6 is 31.9 Å². The molecule has 1 rings (SSSR count). The monoisotopic (exact) mass is 317 g/mol. The van der Waals surface area contributed by atoms with Crippen LogP contribution in [0.15, 0.2) is 21.1 Å². The lowest BCUT2D eigenvalue weighted by Crippen LogP contribution is -2.02. The van der Waals surface area contributed by atoms with Crippen molar-refractivity contribution in [3.8, 4) is 11.8 Å². The smallest absolute Gasteiger partial charge is 0.308 e. The second kappa shape index (κ2) is 4.58. The fraction of sp³-hybridized carbons (Fsp3) is 0.111. The van der Waals surface area contributed by atoms with Gasteiger partial charge in [-0.25, -0.2) is 0 Å². The van der Waals surface area contributed by atoms with Gasteiger partial charge in [-0.3, -0.25) is 4.79 Å². The van der Waals surface area contributed by atoms with E-state index in [2.05, 4.69) is 31.9 Å². The first kappa shape index (κ1) is 11.2. The van der Waals surface area contributed by atoms with Gasteiger partial charge in [0.15, 0.2) is 5.75 Å². The first-order chi connectivity index (χ1) is 6.54. The highest BCUT2D eigenvalue weighted by molar-refractivity contribution is 9.11. The first-order valence-corrected chi connectivity index (χ1v) is 5.20. The molecule has 3 nitrogen and oxygen atoms in total. The van der Waals surface area contributed by atoms with Crippen LogP contribution in [0.5, 0.6) is 5.75 Å². The number of nitrogens with zero attached hydrogens (tertiary/aromatic N) is 1. The van der Waals surface area contributed by atoms with Crippen LogP contribution in [0.25, 0.3) is 0 Å². The molecule has 0 aliphatic rings. The number of halogens is 2. The third-order valence-corrected chi connectivity index (χ3v) is 2.55. The molecule has 0 heterocycles. The summed E-state index contributed by atoms with van der Waals surface area (Å²) in [4.78, 5) is 10.7. The molecule has 0 spiro atoms. The molecule has 1 aromatic carbocycles. The van der Waals surface area contributed by atoms with Gasteiger partial charge >= 0.3 is 5.97 Å². The number of benzene rings is 1. The van der Waals surface area contributed by atoms with Crippen LogP contribution in [0, 0.1) is 11.3 Å². The van der Waals surface area contributed by atoms with Crippen molar-refractivity contribution in [1.29, 1.82) is 5.26 Å². The van der Waals surface area contributed by atoms with E-state index < -0.39 is 5.97 Å². The fourth-order valence-electron chi connectivity index (χ4n) is 0.866. The predicted molar refractivity (Wildman–Crippen MR) is 57.9 cm³/mol. The van der Waals surface area contributed by atoms with Crippen molar-refractivity contribution in [3.05, 3.63) is 26.6 Å². The van der Waals surface area contributed by atoms with Crippen LogP contribution in [-0.4, -0.2) is 5.97 Å². The van der Waals surface area contributed by atoms with Crippen molar-refractivity contribution >= 4 is 37.8 Å². The number of hydrogen-bond donors (Lipinski definition) is 0. The number of carbonyl (C=O) groups excluding carboxylic acids is 1. The Morgan fingerprint density at radius 2 is 1.93 bits per heavy atom. The van der Waals surface area contributed by atoms with Crippen molar-refractivity contribution in [1.82, 2.24) is 0 Å². The summed E-state index contributed by atoms with van der Waals surface area (Å²) < 4.78 is 6.07. The van der Waals surface area contributed by atoms with E-state index in [-0.39, 0.29) is 0 Å². The molecule has 0 atom stereocenters. The summed E-state index contributed by atoms with van der Waals surface area (Å²) in [5.74, 6) is -0.0207. The van der Waals surface area contributed by atoms with Crippen molar-refractivity contribution < 1.29 is 9.53 Å². The Kier molecular flexibility index (Phi) is 3.67. The minimum absolute atomic E-state index is 0.386. The lowest BCUT2D eigenvalue weighted by atomic mass is 10.2. The molecule has 0 radical (unpaired) electrons. The topological polar surface area (TPSA) is 50.1 Å². The van der Waals surface area contributed by atoms with E-state index in [1.165, 1.54) is 6.92 Å². The summed E-state index contributed by atoms with van der Waals surface area (Å²) in [6, 6.07) is 5.16. The molecule has 0 saturated heterocycles. The highest BCUT2D eigenvalue weighted by Gasteiger charge is 2.10. The highest BCUT2D eigenvalue weighted by Crippen LogP contribution is 2.34. The Morgan fingerprint density at radius 1 is 1.43 bits per heavy atom. The van der Waals surface area contributed by atoms with E-state index in [0.717, 1.165) is 0 Å². The molecule has 0 fully saturated rings. The third kappa shape index (κ3) is 2.56. The van der Waals surface area contributed by atoms with Gasteiger partial charge in [0.2, 0.25) is 0 Å². The minimum Gasteiger partial charge on any atom is -0.424 e. The van der Waals surface area contributed by atoms with E-state index in [1.54, 1.807) is 12.1 Å². The quantitative estimate of drug-likeness (QED) is 0.591. The summed E-state index contributed by atoms with van der Waals surface area (Å²) in [5, 5.41) is 8.66. The Labute approximate surface area is 97.9 Å². The largest absolute Gasteiger partial charge is 0.424 e. The van der Waals surface area contributed by atoms with Crippen molar-refractivity contribution in [3.63, 3.8) is 0 Å². The van der Waals surface area contributed by atoms with Crippen molar-refractivity contribution in [2.45, 2.75) is 6.92 Å². The van der Waals surface area contributed by atoms with Crippen LogP contribution in [0.1, 0.15) is 12.5 Å². The van der Waals surface area contributed by atoms with Gasteiger partial charge in [-0.15, -0.1) is 0 Å². The summed E-state index contributed by atoms with van der Waals surface area (Å²) in [7, 11) is 0. The Bertz CT molecular complexity index is 400. The zero-order valence-electron chi connectivity index (χ0n) is 7.17. The molecule has 0 saturated carbocycles. The normalized spacial score (nSPS) is 9.29. The molecule has 14 heavy (non-hydrogen) atoms. The van der Waals surface area contributed by atoms with Crippen molar-refractivity contribution in [2.24, 2.45) is 0 Å². The molecule has 72 valence electrons. The summed E-state index contributed by atoms with van der Waals surface area (Å²) >= 11 is 6.42. The fourth-order valence-corrected chi connectivity index (χ4v) is 2.21. The van der Waals surface area contributed by atoms with Gasteiger partial charge in [-0.1, -0.05) is 0 Å². The number of esters is 1. The van der Waals surface area contributed by atoms with Crippen LogP contribution in [0.4, 0.5) is 0 Å². The van der Waals surface area contributed by atoms with Gasteiger partial charge in [0.25, 0.3) is 0 Å². The summed E-state index contributed by atoms with van der Waals surface area (Å²) in [6.07, 6.45) is 0. The highest BCUT2D eigenvalue weighted by atomic mass is 79.9. The average Bonchev–Trinajstić information content (AvgIpc) is 2.10. The van der Waals surface area contributed by atoms with Crippen LogP contribution < -0.4 is 4.74 Å². The second-order valence-electron chi connectivity index (χ2n) is 2.47. The van der Waals surface area contributed by atoms with E-state index in [4.69, 9.17) is 10.00 Å². The molecule has 0 aliphatic heterocycles. The van der Waals surface area contributed by atoms with Crippen LogP contribution in [-0.2, 0) is 4.79 Å². The summed E-state index contributed by atoms with van der Waals surface area (Å²) in [6.45, 7) is 1.32. The van der Waals surface area contributed by atoms with Gasteiger partial charge in [0.1, 0.15) is 0 Å². The number of ether oxygens (including phenoxy) is 1. The third-order valence-electron chi connectivity index (χ3n) is 1.37. The Balaban J connectivity index is 3.19. The zero-order valence-corrected chi connectivity index (χ0v) is 10.3. The van der Waals surface area contributed by atoms with Gasteiger partial charge < -0.3 is 4.74 Å². The molecule has 0 aliphatic carbocycles. The van der Waals surface area contributed by atoms with Gasteiger partial charge in [0, 0.05) is 6.92 Å².